The summed E-state index contributed by atoms with van der Waals surface area (Å²) in [7, 11) is -3.68. The van der Waals surface area contributed by atoms with Crippen molar-refractivity contribution in [2.24, 2.45) is 4.40 Å². The van der Waals surface area contributed by atoms with Crippen LogP contribution in [0.5, 0.6) is 0 Å². The zero-order chi connectivity index (χ0) is 10.8. The van der Waals surface area contributed by atoms with Crippen LogP contribution in [0.2, 0.25) is 5.02 Å². The molecule has 0 aliphatic rings. The van der Waals surface area contributed by atoms with Gasteiger partial charge in [-0.2, -0.15) is 12.8 Å². The molecule has 0 atom stereocenters. The lowest BCUT2D eigenvalue weighted by atomic mass is 10.4. The lowest BCUT2D eigenvalue weighted by molar-refractivity contribution is 0.598. The summed E-state index contributed by atoms with van der Waals surface area (Å²) in [4.78, 5) is 0.0712. The Balaban J connectivity index is 3.18. The fourth-order valence-electron chi connectivity index (χ4n) is 0.825. The Kier molecular flexibility index (Phi) is 3.53. The summed E-state index contributed by atoms with van der Waals surface area (Å²) in [6.45, 7) is 1.40. The van der Waals surface area contributed by atoms with Crippen LogP contribution in [0.1, 0.15) is 6.92 Å². The van der Waals surface area contributed by atoms with Gasteiger partial charge >= 0.3 is 0 Å². The van der Waals surface area contributed by atoms with Crippen molar-refractivity contribution < 1.29 is 8.42 Å². The van der Waals surface area contributed by atoms with Crippen LogP contribution in [0, 0.1) is 0 Å². The summed E-state index contributed by atoms with van der Waals surface area (Å²) >= 11 is 11.0. The van der Waals surface area contributed by atoms with Crippen LogP contribution >= 0.6 is 23.2 Å². The molecule has 76 valence electrons. The first-order valence-corrected chi connectivity index (χ1v) is 5.84. The average Bonchev–Trinajstić information content (AvgIpc) is 2.02. The van der Waals surface area contributed by atoms with Gasteiger partial charge in [0, 0.05) is 5.02 Å². The molecule has 1 aromatic carbocycles. The topological polar surface area (TPSA) is 46.5 Å². The summed E-state index contributed by atoms with van der Waals surface area (Å²) in [5, 5.41) is 0.440. The van der Waals surface area contributed by atoms with Gasteiger partial charge in [-0.05, 0) is 31.2 Å². The van der Waals surface area contributed by atoms with Crippen LogP contribution in [0.25, 0.3) is 0 Å². The number of hydrogen-bond donors (Lipinski definition) is 0. The molecule has 0 saturated heterocycles. The molecule has 0 saturated carbocycles. The maximum atomic E-state index is 11.4. The zero-order valence-electron chi connectivity index (χ0n) is 7.24. The Morgan fingerprint density at radius 3 is 2.21 bits per heavy atom. The highest BCUT2D eigenvalue weighted by Gasteiger charge is 2.11. The fraction of sp³-hybridized carbons (Fsp3) is 0.125. The van der Waals surface area contributed by atoms with Gasteiger partial charge in [-0.25, -0.2) is 0 Å². The molecule has 6 heteroatoms. The summed E-state index contributed by atoms with van der Waals surface area (Å²) in [5.41, 5.74) is 0. The van der Waals surface area contributed by atoms with E-state index in [0.717, 1.165) is 0 Å². The van der Waals surface area contributed by atoms with Crippen molar-refractivity contribution in [3.05, 3.63) is 29.3 Å². The predicted octanol–water partition coefficient (Wildman–Crippen LogP) is 2.69. The highest BCUT2D eigenvalue weighted by molar-refractivity contribution is 7.90. The van der Waals surface area contributed by atoms with Crippen LogP contribution in [-0.2, 0) is 10.0 Å². The first-order chi connectivity index (χ1) is 6.42. The highest BCUT2D eigenvalue weighted by atomic mass is 35.5. The summed E-state index contributed by atoms with van der Waals surface area (Å²) in [5.74, 6) is 0. The smallest absolute Gasteiger partial charge is 0.199 e. The molecule has 0 bridgehead atoms. The predicted molar refractivity (Wildman–Crippen MR) is 57.6 cm³/mol. The van der Waals surface area contributed by atoms with Crippen molar-refractivity contribution in [3.8, 4) is 0 Å². The third kappa shape index (κ3) is 2.97. The van der Waals surface area contributed by atoms with Crippen molar-refractivity contribution in [1.29, 1.82) is 0 Å². The van der Waals surface area contributed by atoms with E-state index in [1.807, 2.05) is 0 Å². The molecule has 0 N–H and O–H groups in total. The van der Waals surface area contributed by atoms with Crippen molar-refractivity contribution in [1.82, 2.24) is 0 Å². The van der Waals surface area contributed by atoms with Gasteiger partial charge in [0.15, 0.2) is 0 Å². The molecule has 0 fully saturated rings. The number of nitrogens with zero attached hydrogens (tertiary/aromatic N) is 1. The van der Waals surface area contributed by atoms with E-state index >= 15 is 0 Å². The van der Waals surface area contributed by atoms with Gasteiger partial charge in [0.1, 0.15) is 5.17 Å². The lowest BCUT2D eigenvalue weighted by Gasteiger charge is -1.98. The highest BCUT2D eigenvalue weighted by Crippen LogP contribution is 2.16. The Hall–Kier alpha value is -0.580. The number of rotatable bonds is 2. The van der Waals surface area contributed by atoms with Crippen LogP contribution < -0.4 is 0 Å². The quantitative estimate of drug-likeness (QED) is 0.759. The minimum absolute atomic E-state index is 0.0278. The van der Waals surface area contributed by atoms with Gasteiger partial charge < -0.3 is 0 Å². The Morgan fingerprint density at radius 2 is 1.79 bits per heavy atom. The van der Waals surface area contributed by atoms with Crippen LogP contribution in [0.3, 0.4) is 0 Å². The molecule has 14 heavy (non-hydrogen) atoms. The summed E-state index contributed by atoms with van der Waals surface area (Å²) < 4.78 is 26.2. The van der Waals surface area contributed by atoms with E-state index in [1.165, 1.54) is 31.2 Å². The standard InChI is InChI=1S/C8H7Cl2NO2S/c1-6(9)11-14(12,13)8-4-2-7(10)3-5-8/h2-5H,1H3/b11-6+. The maximum Gasteiger partial charge on any atom is 0.283 e. The monoisotopic (exact) mass is 251 g/mol. The molecule has 1 aromatic rings. The summed E-state index contributed by atoms with van der Waals surface area (Å²) in [6, 6.07) is 5.71. The second-order valence-corrected chi connectivity index (χ2v) is 5.10. The number of sulfonamides is 1. The fourth-order valence-corrected chi connectivity index (χ4v) is 2.14. The largest absolute Gasteiger partial charge is 0.283 e. The van der Waals surface area contributed by atoms with E-state index in [4.69, 9.17) is 23.2 Å². The minimum Gasteiger partial charge on any atom is -0.199 e. The molecular weight excluding hydrogens is 245 g/mol. The molecule has 0 unspecified atom stereocenters. The second kappa shape index (κ2) is 4.29. The number of benzene rings is 1. The molecule has 0 amide bonds. The van der Waals surface area contributed by atoms with Crippen LogP contribution in [-0.4, -0.2) is 13.6 Å². The first kappa shape index (κ1) is 11.5. The molecular formula is C8H7Cl2NO2S. The van der Waals surface area contributed by atoms with Gasteiger partial charge in [-0.1, -0.05) is 23.2 Å². The van der Waals surface area contributed by atoms with E-state index in [0.29, 0.717) is 5.02 Å². The van der Waals surface area contributed by atoms with Crippen LogP contribution in [0.15, 0.2) is 33.6 Å². The van der Waals surface area contributed by atoms with Gasteiger partial charge in [0.2, 0.25) is 0 Å². The third-order valence-electron chi connectivity index (χ3n) is 1.36. The first-order valence-electron chi connectivity index (χ1n) is 3.64. The maximum absolute atomic E-state index is 11.4. The molecule has 0 heterocycles. The molecule has 0 radical (unpaired) electrons. The molecule has 3 nitrogen and oxygen atoms in total. The second-order valence-electron chi connectivity index (χ2n) is 2.52. The molecule has 0 spiro atoms. The van der Waals surface area contributed by atoms with Gasteiger partial charge in [-0.15, -0.1) is 0 Å². The molecule has 0 aliphatic carbocycles. The van der Waals surface area contributed by atoms with E-state index in [1.54, 1.807) is 0 Å². The molecule has 1 rings (SSSR count). The zero-order valence-corrected chi connectivity index (χ0v) is 9.57. The van der Waals surface area contributed by atoms with Crippen molar-refractivity contribution in [3.63, 3.8) is 0 Å². The van der Waals surface area contributed by atoms with Crippen molar-refractivity contribution in [2.75, 3.05) is 0 Å². The van der Waals surface area contributed by atoms with Gasteiger partial charge in [0.25, 0.3) is 10.0 Å². The van der Waals surface area contributed by atoms with Crippen molar-refractivity contribution >= 4 is 38.4 Å². The number of halogens is 2. The average molecular weight is 252 g/mol. The van der Waals surface area contributed by atoms with Gasteiger partial charge in [0.05, 0.1) is 4.90 Å². The normalized spacial score (nSPS) is 12.9. The van der Waals surface area contributed by atoms with Crippen molar-refractivity contribution in [2.45, 2.75) is 11.8 Å². The van der Waals surface area contributed by atoms with E-state index in [9.17, 15) is 8.42 Å². The Morgan fingerprint density at radius 1 is 1.29 bits per heavy atom. The summed E-state index contributed by atoms with van der Waals surface area (Å²) in [6.07, 6.45) is 0. The van der Waals surface area contributed by atoms with Gasteiger partial charge in [-0.3, -0.25) is 0 Å². The van der Waals surface area contributed by atoms with Crippen LogP contribution in [0.4, 0.5) is 0 Å². The molecule has 0 aliphatic heterocycles. The Bertz CT molecular complexity index is 447. The third-order valence-corrected chi connectivity index (χ3v) is 3.18. The van der Waals surface area contributed by atoms with E-state index in [2.05, 4.69) is 4.40 Å². The lowest BCUT2D eigenvalue weighted by Crippen LogP contribution is -1.98. The molecule has 0 aromatic heterocycles. The Labute approximate surface area is 92.4 Å². The van der Waals surface area contributed by atoms with E-state index < -0.39 is 10.0 Å². The number of hydrogen-bond acceptors (Lipinski definition) is 2. The van der Waals surface area contributed by atoms with E-state index in [-0.39, 0.29) is 10.1 Å². The minimum atomic E-state index is -3.68. The SMILES string of the molecule is C/C(Cl)=N\S(=O)(=O)c1ccc(Cl)cc1.